The van der Waals surface area contributed by atoms with E-state index in [2.05, 4.69) is 80.2 Å². The third-order valence-electron chi connectivity index (χ3n) is 6.96. The molecule has 1 aliphatic carbocycles. The summed E-state index contributed by atoms with van der Waals surface area (Å²) >= 11 is 0. The number of aryl methyl sites for hydroxylation is 1. The number of aromatic nitrogens is 2. The van der Waals surface area contributed by atoms with E-state index in [1.54, 1.807) is 17.7 Å². The van der Waals surface area contributed by atoms with Crippen LogP contribution in [0.5, 0.6) is 0 Å². The highest BCUT2D eigenvalue weighted by Gasteiger charge is 2.51. The van der Waals surface area contributed by atoms with Crippen molar-refractivity contribution in [3.05, 3.63) is 105 Å². The number of nitrogens with one attached hydrogen (secondary N) is 1. The minimum Gasteiger partial charge on any atom is -0.406 e. The van der Waals surface area contributed by atoms with Gasteiger partial charge >= 0.3 is 5.69 Å². The molecule has 4 rings (SSSR count). The van der Waals surface area contributed by atoms with E-state index in [-0.39, 0.29) is 16.6 Å². The Morgan fingerprint density at radius 1 is 1.09 bits per heavy atom. The van der Waals surface area contributed by atoms with Gasteiger partial charge < -0.3 is 4.43 Å². The van der Waals surface area contributed by atoms with Crippen LogP contribution in [-0.4, -0.2) is 24.5 Å². The molecule has 0 saturated heterocycles. The summed E-state index contributed by atoms with van der Waals surface area (Å²) in [6.07, 6.45) is 12.2. The smallest absolute Gasteiger partial charge is 0.328 e. The molecular formula is C29H32N2O3Si. The molecule has 5 nitrogen and oxygen atoms in total. The van der Waals surface area contributed by atoms with E-state index in [9.17, 15) is 9.59 Å². The van der Waals surface area contributed by atoms with Crippen LogP contribution in [0.2, 0.25) is 5.04 Å². The van der Waals surface area contributed by atoms with Gasteiger partial charge in [-0.2, -0.15) is 0 Å². The van der Waals surface area contributed by atoms with Crippen molar-refractivity contribution in [3.63, 3.8) is 0 Å². The van der Waals surface area contributed by atoms with Crippen molar-refractivity contribution in [1.82, 2.24) is 9.55 Å². The van der Waals surface area contributed by atoms with Crippen molar-refractivity contribution < 1.29 is 4.43 Å². The number of rotatable bonds is 6. The highest BCUT2D eigenvalue weighted by atomic mass is 28.4. The van der Waals surface area contributed by atoms with Gasteiger partial charge in [0.25, 0.3) is 13.9 Å². The number of allylic oxidation sites excluding steroid dienone is 1. The number of hydrogen-bond donors (Lipinski definition) is 1. The summed E-state index contributed by atoms with van der Waals surface area (Å²) in [6, 6.07) is 20.6. The van der Waals surface area contributed by atoms with Crippen molar-refractivity contribution in [2.24, 2.45) is 5.41 Å². The molecule has 6 heteroatoms. The third kappa shape index (κ3) is 4.50. The fourth-order valence-corrected chi connectivity index (χ4v) is 9.71. The summed E-state index contributed by atoms with van der Waals surface area (Å²) < 4.78 is 8.65. The molecule has 0 fully saturated rings. The molecule has 0 spiro atoms. The summed E-state index contributed by atoms with van der Waals surface area (Å²) in [5, 5.41) is 2.22. The van der Waals surface area contributed by atoms with Crippen molar-refractivity contribution in [3.8, 4) is 12.3 Å². The van der Waals surface area contributed by atoms with Gasteiger partial charge in [0, 0.05) is 11.8 Å². The first-order valence-electron chi connectivity index (χ1n) is 11.9. The van der Waals surface area contributed by atoms with E-state index in [1.807, 2.05) is 24.3 Å². The molecule has 0 bridgehead atoms. The summed E-state index contributed by atoms with van der Waals surface area (Å²) in [4.78, 5) is 26.7. The summed E-state index contributed by atoms with van der Waals surface area (Å²) in [5.74, 6) is 2.97. The lowest BCUT2D eigenvalue weighted by Gasteiger charge is -2.44. The van der Waals surface area contributed by atoms with Gasteiger partial charge in [0.15, 0.2) is 0 Å². The predicted molar refractivity (Wildman–Crippen MR) is 144 cm³/mol. The van der Waals surface area contributed by atoms with Crippen LogP contribution in [0, 0.1) is 24.7 Å². The van der Waals surface area contributed by atoms with E-state index < -0.39 is 19.4 Å². The maximum absolute atomic E-state index is 12.5. The molecule has 0 radical (unpaired) electrons. The maximum Gasteiger partial charge on any atom is 0.328 e. The quantitative estimate of drug-likeness (QED) is 0.331. The lowest BCUT2D eigenvalue weighted by molar-refractivity contribution is 0.211. The highest BCUT2D eigenvalue weighted by molar-refractivity contribution is 6.99. The largest absolute Gasteiger partial charge is 0.406 e. The Morgan fingerprint density at radius 3 is 2.17 bits per heavy atom. The molecule has 0 saturated carbocycles. The third-order valence-corrected chi connectivity index (χ3v) is 11.9. The molecule has 2 aromatic carbocycles. The Bertz CT molecular complexity index is 1340. The standard InChI is InChI=1S/C29H32N2O3Si/c1-6-29(18-17-23(19-29)31-20-22(2)26(32)30-27(31)33)21-34-35(28(3,4)5,24-13-9-7-10-14-24)25-15-11-8-12-16-25/h1,7-18,20,23H,19,21H2,2-5H3,(H,30,32,33). The Kier molecular flexibility index (Phi) is 6.59. The molecule has 3 aromatic rings. The lowest BCUT2D eigenvalue weighted by atomic mass is 9.89. The van der Waals surface area contributed by atoms with Crippen molar-refractivity contribution >= 4 is 18.7 Å². The minimum absolute atomic E-state index is 0.166. The van der Waals surface area contributed by atoms with E-state index in [0.717, 1.165) is 0 Å². The Balaban J connectivity index is 1.72. The molecular weight excluding hydrogens is 452 g/mol. The number of H-pyrrole nitrogens is 1. The van der Waals surface area contributed by atoms with Gasteiger partial charge in [0.1, 0.15) is 0 Å². The summed E-state index contributed by atoms with van der Waals surface area (Å²) in [6.45, 7) is 8.72. The second kappa shape index (κ2) is 9.33. The number of hydrogen-bond acceptors (Lipinski definition) is 3. The maximum atomic E-state index is 12.5. The predicted octanol–water partition coefficient (Wildman–Crippen LogP) is 3.54. The zero-order chi connectivity index (χ0) is 25.3. The van der Waals surface area contributed by atoms with Gasteiger partial charge in [0.2, 0.25) is 0 Å². The van der Waals surface area contributed by atoms with Crippen LogP contribution in [0.3, 0.4) is 0 Å². The van der Waals surface area contributed by atoms with Gasteiger partial charge in [-0.15, -0.1) is 6.42 Å². The Hall–Kier alpha value is -3.40. The molecule has 1 aromatic heterocycles. The van der Waals surface area contributed by atoms with Crippen LogP contribution in [0.1, 0.15) is 38.8 Å². The number of aromatic amines is 1. The van der Waals surface area contributed by atoms with Crippen LogP contribution in [-0.2, 0) is 4.43 Å². The van der Waals surface area contributed by atoms with Crippen LogP contribution in [0.25, 0.3) is 0 Å². The van der Waals surface area contributed by atoms with Gasteiger partial charge in [0.05, 0.1) is 18.1 Å². The molecule has 1 heterocycles. The van der Waals surface area contributed by atoms with E-state index in [4.69, 9.17) is 10.8 Å². The second-order valence-electron chi connectivity index (χ2n) is 10.4. The fraction of sp³-hybridized carbons (Fsp3) is 0.310. The molecule has 1 N–H and O–H groups in total. The highest BCUT2D eigenvalue weighted by Crippen LogP contribution is 2.42. The summed E-state index contributed by atoms with van der Waals surface area (Å²) in [7, 11) is -2.75. The van der Waals surface area contributed by atoms with Gasteiger partial charge in [-0.3, -0.25) is 14.3 Å². The lowest BCUT2D eigenvalue weighted by Crippen LogP contribution is -2.67. The fourth-order valence-electron chi connectivity index (χ4n) is 5.08. The van der Waals surface area contributed by atoms with Crippen molar-refractivity contribution in [2.45, 2.75) is 45.2 Å². The average Bonchev–Trinajstić information content (AvgIpc) is 3.27. The molecule has 0 amide bonds. The van der Waals surface area contributed by atoms with Gasteiger partial charge in [-0.05, 0) is 28.8 Å². The Morgan fingerprint density at radius 2 is 1.66 bits per heavy atom. The first-order chi connectivity index (χ1) is 16.6. The number of terminal acetylenes is 1. The first kappa shape index (κ1) is 24.7. The molecule has 35 heavy (non-hydrogen) atoms. The Labute approximate surface area is 207 Å². The average molecular weight is 485 g/mol. The monoisotopic (exact) mass is 484 g/mol. The molecule has 1 aliphatic rings. The second-order valence-corrected chi connectivity index (χ2v) is 14.7. The van der Waals surface area contributed by atoms with E-state index in [0.29, 0.717) is 18.6 Å². The normalized spacial score (nSPS) is 20.0. The van der Waals surface area contributed by atoms with Crippen LogP contribution in [0.4, 0.5) is 0 Å². The van der Waals surface area contributed by atoms with Crippen molar-refractivity contribution in [1.29, 1.82) is 0 Å². The molecule has 180 valence electrons. The van der Waals surface area contributed by atoms with Gasteiger partial charge in [-0.1, -0.05) is 99.5 Å². The molecule has 0 aliphatic heterocycles. The van der Waals surface area contributed by atoms with Gasteiger partial charge in [-0.25, -0.2) is 4.79 Å². The molecule has 2 atom stereocenters. The van der Waals surface area contributed by atoms with Crippen LogP contribution in [0.15, 0.2) is 88.6 Å². The summed E-state index contributed by atoms with van der Waals surface area (Å²) in [5.41, 5.74) is -0.983. The zero-order valence-corrected chi connectivity index (χ0v) is 21.7. The number of nitrogens with zero attached hydrogens (tertiary/aromatic N) is 1. The van der Waals surface area contributed by atoms with E-state index in [1.165, 1.54) is 10.4 Å². The minimum atomic E-state index is -2.75. The zero-order valence-electron chi connectivity index (χ0n) is 20.7. The molecule has 2 unspecified atom stereocenters. The van der Waals surface area contributed by atoms with Crippen LogP contribution < -0.4 is 21.6 Å². The SMILES string of the molecule is C#CC1(CO[Si](c2ccccc2)(c2ccccc2)C(C)(C)C)C=CC(n2cc(C)c(=O)[nH]c2=O)C1. The number of benzene rings is 2. The van der Waals surface area contributed by atoms with Crippen molar-refractivity contribution in [2.75, 3.05) is 6.61 Å². The first-order valence-corrected chi connectivity index (χ1v) is 13.8. The van der Waals surface area contributed by atoms with E-state index >= 15 is 0 Å². The van der Waals surface area contributed by atoms with Crippen LogP contribution >= 0.6 is 0 Å². The topological polar surface area (TPSA) is 64.1 Å².